The van der Waals surface area contributed by atoms with Crippen molar-refractivity contribution >= 4 is 0 Å². The number of halogens is 6. The van der Waals surface area contributed by atoms with Crippen molar-refractivity contribution < 1.29 is 36.2 Å². The van der Waals surface area contributed by atoms with Gasteiger partial charge in [-0.15, -0.1) is 0 Å². The van der Waals surface area contributed by atoms with Gasteiger partial charge in [-0.2, -0.15) is 26.3 Å². The van der Waals surface area contributed by atoms with E-state index in [2.05, 4.69) is 4.74 Å². The molecule has 0 fully saturated rings. The van der Waals surface area contributed by atoms with E-state index in [1.807, 2.05) is 0 Å². The molecule has 1 aromatic carbocycles. The summed E-state index contributed by atoms with van der Waals surface area (Å²) in [6, 6.07) is 3.38. The van der Waals surface area contributed by atoms with E-state index in [-0.39, 0.29) is 0 Å². The first-order chi connectivity index (χ1) is 8.10. The summed E-state index contributed by atoms with van der Waals surface area (Å²) in [6.07, 6.45) is -12.2. The van der Waals surface area contributed by atoms with E-state index in [4.69, 9.17) is 5.11 Å². The molecule has 102 valence electrons. The number of ether oxygens (including phenoxy) is 1. The first-order valence-corrected chi connectivity index (χ1v) is 4.65. The van der Waals surface area contributed by atoms with Gasteiger partial charge in [0.2, 0.25) is 0 Å². The van der Waals surface area contributed by atoms with Gasteiger partial charge in [-0.05, 0) is 18.2 Å². The van der Waals surface area contributed by atoms with Crippen LogP contribution in [0.1, 0.15) is 5.56 Å². The first-order valence-electron chi connectivity index (χ1n) is 4.65. The molecule has 0 saturated carbocycles. The quantitative estimate of drug-likeness (QED) is 0.858. The molecule has 0 heterocycles. The molecule has 2 nitrogen and oxygen atoms in total. The highest BCUT2D eigenvalue weighted by atomic mass is 19.4. The zero-order chi connectivity index (χ0) is 14.0. The number of hydrogen-bond donors (Lipinski definition) is 1. The second kappa shape index (κ2) is 5.05. The Labute approximate surface area is 97.8 Å². The molecule has 1 aromatic rings. The smallest absolute Gasteiger partial charge is 0.417 e. The number of rotatable bonds is 3. The largest absolute Gasteiger partial charge is 0.491 e. The van der Waals surface area contributed by atoms with E-state index in [9.17, 15) is 26.3 Å². The van der Waals surface area contributed by atoms with Crippen LogP contribution in [0.5, 0.6) is 5.75 Å². The minimum atomic E-state index is -4.87. The minimum Gasteiger partial charge on any atom is -0.491 e. The highest BCUT2D eigenvalue weighted by Gasteiger charge is 2.38. The molecule has 1 rings (SSSR count). The zero-order valence-electron chi connectivity index (χ0n) is 8.72. The summed E-state index contributed by atoms with van der Waals surface area (Å²) in [7, 11) is 0. The number of hydrogen-bond acceptors (Lipinski definition) is 2. The van der Waals surface area contributed by atoms with Crippen LogP contribution < -0.4 is 4.74 Å². The van der Waals surface area contributed by atoms with Gasteiger partial charge in [0, 0.05) is 0 Å². The lowest BCUT2D eigenvalue weighted by molar-refractivity contribution is -0.210. The van der Waals surface area contributed by atoms with Gasteiger partial charge in [-0.3, -0.25) is 0 Å². The molecule has 0 aliphatic carbocycles. The van der Waals surface area contributed by atoms with Crippen LogP contribution in [0.4, 0.5) is 26.3 Å². The predicted molar refractivity (Wildman–Crippen MR) is 49.0 cm³/mol. The molecule has 0 spiro atoms. The van der Waals surface area contributed by atoms with Gasteiger partial charge in [0.15, 0.2) is 6.10 Å². The van der Waals surface area contributed by atoms with Crippen molar-refractivity contribution in [3.8, 4) is 5.75 Å². The van der Waals surface area contributed by atoms with E-state index in [1.165, 1.54) is 0 Å². The number of aliphatic hydroxyl groups is 1. The topological polar surface area (TPSA) is 29.5 Å². The summed E-state index contributed by atoms with van der Waals surface area (Å²) in [5.41, 5.74) is -1.04. The predicted octanol–water partition coefficient (Wildman–Crippen LogP) is 3.01. The van der Waals surface area contributed by atoms with Gasteiger partial charge in [0.05, 0.1) is 5.56 Å². The molecule has 18 heavy (non-hydrogen) atoms. The van der Waals surface area contributed by atoms with Crippen LogP contribution >= 0.6 is 0 Å². The second-order valence-corrected chi connectivity index (χ2v) is 3.39. The molecule has 1 N–H and O–H groups in total. The van der Waals surface area contributed by atoms with Crippen LogP contribution in [0.25, 0.3) is 0 Å². The van der Waals surface area contributed by atoms with Crippen molar-refractivity contribution in [2.75, 3.05) is 6.61 Å². The van der Waals surface area contributed by atoms with Crippen molar-refractivity contribution in [1.29, 1.82) is 0 Å². The SMILES string of the molecule is OC(COc1cccc(C(F)(F)F)c1)C(F)(F)F. The summed E-state index contributed by atoms with van der Waals surface area (Å²) < 4.78 is 77.0. The summed E-state index contributed by atoms with van der Waals surface area (Å²) in [5.74, 6) is -0.395. The third kappa shape index (κ3) is 4.10. The highest BCUT2D eigenvalue weighted by molar-refractivity contribution is 5.30. The van der Waals surface area contributed by atoms with E-state index in [0.29, 0.717) is 6.07 Å². The standard InChI is InChI=1S/C10H8F6O2/c11-9(12,13)6-2-1-3-7(4-6)18-5-8(17)10(14,15)16/h1-4,8,17H,5H2. The third-order valence-electron chi connectivity index (χ3n) is 1.95. The average molecular weight is 274 g/mol. The highest BCUT2D eigenvalue weighted by Crippen LogP contribution is 2.31. The maximum atomic E-state index is 12.3. The van der Waals surface area contributed by atoms with Crippen LogP contribution in [0.15, 0.2) is 24.3 Å². The fraction of sp³-hybridized carbons (Fsp3) is 0.400. The fourth-order valence-electron chi connectivity index (χ4n) is 1.03. The van der Waals surface area contributed by atoms with Gasteiger partial charge >= 0.3 is 12.4 Å². The van der Waals surface area contributed by atoms with Gasteiger partial charge < -0.3 is 9.84 Å². The maximum Gasteiger partial charge on any atom is 0.417 e. The zero-order valence-corrected chi connectivity index (χ0v) is 8.72. The Hall–Kier alpha value is -1.44. The lowest BCUT2D eigenvalue weighted by Gasteiger charge is -2.16. The molecule has 0 amide bonds. The number of aliphatic hydroxyl groups excluding tert-OH is 1. The summed E-state index contributed by atoms with van der Waals surface area (Å²) in [4.78, 5) is 0. The Morgan fingerprint density at radius 1 is 1.11 bits per heavy atom. The molecular formula is C10H8F6O2. The Bertz CT molecular complexity index is 398. The third-order valence-corrected chi connectivity index (χ3v) is 1.95. The van der Waals surface area contributed by atoms with Crippen molar-refractivity contribution in [2.24, 2.45) is 0 Å². The Balaban J connectivity index is 2.69. The van der Waals surface area contributed by atoms with Crippen LogP contribution in [-0.2, 0) is 6.18 Å². The van der Waals surface area contributed by atoms with Gasteiger partial charge in [0.25, 0.3) is 0 Å². The van der Waals surface area contributed by atoms with Crippen molar-refractivity contribution in [1.82, 2.24) is 0 Å². The van der Waals surface area contributed by atoms with Crippen LogP contribution in [0.3, 0.4) is 0 Å². The van der Waals surface area contributed by atoms with E-state index < -0.39 is 36.4 Å². The molecule has 1 atom stereocenters. The van der Waals surface area contributed by atoms with Gasteiger partial charge in [-0.25, -0.2) is 0 Å². The minimum absolute atomic E-state index is 0.395. The summed E-state index contributed by atoms with van der Waals surface area (Å²) in [5, 5.41) is 8.60. The van der Waals surface area contributed by atoms with Crippen molar-refractivity contribution in [3.05, 3.63) is 29.8 Å². The van der Waals surface area contributed by atoms with Gasteiger partial charge in [0.1, 0.15) is 12.4 Å². The summed E-state index contributed by atoms with van der Waals surface area (Å²) >= 11 is 0. The molecular weight excluding hydrogens is 266 g/mol. The second-order valence-electron chi connectivity index (χ2n) is 3.39. The molecule has 0 aliphatic rings. The monoisotopic (exact) mass is 274 g/mol. The number of alkyl halides is 6. The Kier molecular flexibility index (Phi) is 4.10. The molecule has 0 aliphatic heterocycles. The van der Waals surface area contributed by atoms with Crippen molar-refractivity contribution in [2.45, 2.75) is 18.5 Å². The molecule has 0 bridgehead atoms. The fourth-order valence-corrected chi connectivity index (χ4v) is 1.03. The molecule has 0 saturated heterocycles. The maximum absolute atomic E-state index is 12.3. The summed E-state index contributed by atoms with van der Waals surface area (Å²) in [6.45, 7) is -1.16. The Morgan fingerprint density at radius 2 is 1.72 bits per heavy atom. The number of benzene rings is 1. The molecule has 0 radical (unpaired) electrons. The van der Waals surface area contributed by atoms with Crippen LogP contribution in [0.2, 0.25) is 0 Å². The van der Waals surface area contributed by atoms with E-state index in [1.54, 1.807) is 0 Å². The molecule has 8 heteroatoms. The van der Waals surface area contributed by atoms with Crippen LogP contribution in [0, 0.1) is 0 Å². The van der Waals surface area contributed by atoms with Gasteiger partial charge in [-0.1, -0.05) is 6.07 Å². The van der Waals surface area contributed by atoms with E-state index in [0.717, 1.165) is 18.2 Å². The first kappa shape index (κ1) is 14.6. The van der Waals surface area contributed by atoms with Crippen molar-refractivity contribution in [3.63, 3.8) is 0 Å². The molecule has 1 unspecified atom stereocenters. The normalized spacial score (nSPS) is 14.4. The van der Waals surface area contributed by atoms with Crippen LogP contribution in [-0.4, -0.2) is 24.0 Å². The lowest BCUT2D eigenvalue weighted by Crippen LogP contribution is -2.34. The Morgan fingerprint density at radius 3 is 2.22 bits per heavy atom. The molecule has 0 aromatic heterocycles. The van der Waals surface area contributed by atoms with E-state index >= 15 is 0 Å². The average Bonchev–Trinajstić information content (AvgIpc) is 2.23. The lowest BCUT2D eigenvalue weighted by atomic mass is 10.2.